The second kappa shape index (κ2) is 5.27. The molecule has 1 aliphatic carbocycles. The molecule has 1 saturated heterocycles. The summed E-state index contributed by atoms with van der Waals surface area (Å²) in [6.45, 7) is 10.0. The number of likely N-dealkylation sites (tertiary alicyclic amines) is 1. The lowest BCUT2D eigenvalue weighted by Gasteiger charge is -2.46. The lowest BCUT2D eigenvalue weighted by Crippen LogP contribution is -2.48. The first-order valence-electron chi connectivity index (χ1n) is 7.35. The molecular weight excluding hydrogens is 210 g/mol. The Bertz CT molecular complexity index is 251. The first-order valence-corrected chi connectivity index (χ1v) is 7.35. The Morgan fingerprint density at radius 1 is 1.29 bits per heavy atom. The zero-order valence-electron chi connectivity index (χ0n) is 11.8. The van der Waals surface area contributed by atoms with Gasteiger partial charge >= 0.3 is 0 Å². The van der Waals surface area contributed by atoms with Crippen molar-refractivity contribution in [3.63, 3.8) is 0 Å². The molecule has 100 valence electrons. The van der Waals surface area contributed by atoms with E-state index in [2.05, 4.69) is 25.7 Å². The van der Waals surface area contributed by atoms with Gasteiger partial charge in [-0.25, -0.2) is 0 Å². The Kier molecular flexibility index (Phi) is 4.14. The molecule has 0 aromatic carbocycles. The molecule has 0 unspecified atom stereocenters. The molecule has 0 radical (unpaired) electrons. The smallest absolute Gasteiger partial charge is 0.0471 e. The topological polar surface area (TPSA) is 23.5 Å². The standard InChI is InChI=1S/C15H29NO/c1-12-7-14(9-15(2,3)8-12)16-6-4-5-13(10-16)11-17/h12-14,17H,4-11H2,1-3H3/t12-,13+,14-/m1/s1. The average molecular weight is 239 g/mol. The maximum absolute atomic E-state index is 9.34. The lowest BCUT2D eigenvalue weighted by atomic mass is 9.70. The fraction of sp³-hybridized carbons (Fsp3) is 1.00. The van der Waals surface area contributed by atoms with Crippen LogP contribution >= 0.6 is 0 Å². The second-order valence-corrected chi connectivity index (χ2v) is 7.25. The SMILES string of the molecule is C[C@@H]1C[C@@H](N2CCC[C@H](CO)C2)CC(C)(C)C1. The number of hydrogen-bond acceptors (Lipinski definition) is 2. The molecule has 3 atom stereocenters. The number of nitrogens with zero attached hydrogens (tertiary/aromatic N) is 1. The summed E-state index contributed by atoms with van der Waals surface area (Å²) < 4.78 is 0. The predicted molar refractivity (Wildman–Crippen MR) is 72.0 cm³/mol. The van der Waals surface area contributed by atoms with Crippen LogP contribution in [0.25, 0.3) is 0 Å². The van der Waals surface area contributed by atoms with Gasteiger partial charge in [0, 0.05) is 19.2 Å². The monoisotopic (exact) mass is 239 g/mol. The highest BCUT2D eigenvalue weighted by atomic mass is 16.3. The molecule has 17 heavy (non-hydrogen) atoms. The largest absolute Gasteiger partial charge is 0.396 e. The lowest BCUT2D eigenvalue weighted by molar-refractivity contribution is 0.0281. The van der Waals surface area contributed by atoms with Gasteiger partial charge in [0.1, 0.15) is 0 Å². The molecule has 2 aliphatic rings. The van der Waals surface area contributed by atoms with E-state index in [1.54, 1.807) is 0 Å². The quantitative estimate of drug-likeness (QED) is 0.801. The van der Waals surface area contributed by atoms with Crippen LogP contribution < -0.4 is 0 Å². The molecule has 0 aromatic heterocycles. The van der Waals surface area contributed by atoms with Crippen LogP contribution in [0.4, 0.5) is 0 Å². The van der Waals surface area contributed by atoms with Gasteiger partial charge in [0.05, 0.1) is 0 Å². The summed E-state index contributed by atoms with van der Waals surface area (Å²) in [6, 6.07) is 0.767. The predicted octanol–water partition coefficient (Wildman–Crippen LogP) is 2.91. The van der Waals surface area contributed by atoms with Crippen LogP contribution in [-0.4, -0.2) is 35.7 Å². The van der Waals surface area contributed by atoms with Gasteiger partial charge in [-0.2, -0.15) is 0 Å². The summed E-state index contributed by atoms with van der Waals surface area (Å²) in [6.07, 6.45) is 6.58. The highest BCUT2D eigenvalue weighted by Crippen LogP contribution is 2.41. The molecule has 2 fully saturated rings. The van der Waals surface area contributed by atoms with E-state index in [4.69, 9.17) is 0 Å². The van der Waals surface area contributed by atoms with Crippen LogP contribution in [0.2, 0.25) is 0 Å². The maximum Gasteiger partial charge on any atom is 0.0471 e. The Morgan fingerprint density at radius 2 is 2.06 bits per heavy atom. The van der Waals surface area contributed by atoms with Crippen molar-refractivity contribution < 1.29 is 5.11 Å². The van der Waals surface area contributed by atoms with E-state index in [1.165, 1.54) is 38.6 Å². The van der Waals surface area contributed by atoms with E-state index in [0.717, 1.165) is 18.5 Å². The molecule has 2 rings (SSSR count). The molecule has 0 aromatic rings. The first-order chi connectivity index (χ1) is 8.00. The number of rotatable bonds is 2. The number of hydrogen-bond donors (Lipinski definition) is 1. The van der Waals surface area contributed by atoms with Gasteiger partial charge in [0.25, 0.3) is 0 Å². The fourth-order valence-corrected chi connectivity index (χ4v) is 4.15. The highest BCUT2D eigenvalue weighted by Gasteiger charge is 2.36. The van der Waals surface area contributed by atoms with Crippen molar-refractivity contribution in [3.05, 3.63) is 0 Å². The minimum absolute atomic E-state index is 0.377. The summed E-state index contributed by atoms with van der Waals surface area (Å²) in [5.41, 5.74) is 0.508. The van der Waals surface area contributed by atoms with Crippen molar-refractivity contribution in [1.82, 2.24) is 4.90 Å². The summed E-state index contributed by atoms with van der Waals surface area (Å²) in [5, 5.41) is 9.34. The Labute approximate surface area is 106 Å². The molecular formula is C15H29NO. The molecule has 0 spiro atoms. The van der Waals surface area contributed by atoms with Crippen molar-refractivity contribution in [1.29, 1.82) is 0 Å². The van der Waals surface area contributed by atoms with Gasteiger partial charge < -0.3 is 5.11 Å². The van der Waals surface area contributed by atoms with E-state index in [-0.39, 0.29) is 0 Å². The molecule has 1 saturated carbocycles. The van der Waals surface area contributed by atoms with Gasteiger partial charge in [-0.05, 0) is 55.9 Å². The Balaban J connectivity index is 1.96. The van der Waals surface area contributed by atoms with Crippen LogP contribution in [0.1, 0.15) is 52.9 Å². The van der Waals surface area contributed by atoms with Crippen LogP contribution in [0.3, 0.4) is 0 Å². The van der Waals surface area contributed by atoms with E-state index in [9.17, 15) is 5.11 Å². The van der Waals surface area contributed by atoms with Gasteiger partial charge in [-0.1, -0.05) is 20.8 Å². The minimum atomic E-state index is 0.377. The van der Waals surface area contributed by atoms with E-state index in [0.29, 0.717) is 17.9 Å². The number of aliphatic hydroxyl groups excluding tert-OH is 1. The summed E-state index contributed by atoms with van der Waals surface area (Å²) in [7, 11) is 0. The Hall–Kier alpha value is -0.0800. The van der Waals surface area contributed by atoms with E-state index in [1.807, 2.05) is 0 Å². The van der Waals surface area contributed by atoms with Crippen molar-refractivity contribution >= 4 is 0 Å². The molecule has 0 amide bonds. The third-order valence-electron chi connectivity index (χ3n) is 4.69. The van der Waals surface area contributed by atoms with Crippen molar-refractivity contribution in [2.24, 2.45) is 17.3 Å². The third-order valence-corrected chi connectivity index (χ3v) is 4.69. The second-order valence-electron chi connectivity index (χ2n) is 7.25. The van der Waals surface area contributed by atoms with Gasteiger partial charge in [-0.3, -0.25) is 4.90 Å². The average Bonchev–Trinajstić information content (AvgIpc) is 2.26. The fourth-order valence-electron chi connectivity index (χ4n) is 4.15. The van der Waals surface area contributed by atoms with Gasteiger partial charge in [0.15, 0.2) is 0 Å². The van der Waals surface area contributed by atoms with E-state index >= 15 is 0 Å². The first kappa shape index (κ1) is 13.4. The zero-order chi connectivity index (χ0) is 12.5. The van der Waals surface area contributed by atoms with Crippen LogP contribution in [0.5, 0.6) is 0 Å². The molecule has 1 heterocycles. The molecule has 2 nitrogen and oxygen atoms in total. The van der Waals surface area contributed by atoms with E-state index < -0.39 is 0 Å². The minimum Gasteiger partial charge on any atom is -0.396 e. The third kappa shape index (κ3) is 3.45. The maximum atomic E-state index is 9.34. The number of aliphatic hydroxyl groups is 1. The molecule has 2 heteroatoms. The van der Waals surface area contributed by atoms with Gasteiger partial charge in [-0.15, -0.1) is 0 Å². The van der Waals surface area contributed by atoms with Crippen LogP contribution in [0, 0.1) is 17.3 Å². The normalized spacial score (nSPS) is 39.2. The van der Waals surface area contributed by atoms with Gasteiger partial charge in [0.2, 0.25) is 0 Å². The number of piperidine rings is 1. The molecule has 1 aliphatic heterocycles. The van der Waals surface area contributed by atoms with Crippen molar-refractivity contribution in [2.75, 3.05) is 19.7 Å². The Morgan fingerprint density at radius 3 is 2.71 bits per heavy atom. The summed E-state index contributed by atoms with van der Waals surface area (Å²) in [4.78, 5) is 2.67. The highest BCUT2D eigenvalue weighted by molar-refractivity contribution is 4.89. The molecule has 0 bridgehead atoms. The zero-order valence-corrected chi connectivity index (χ0v) is 11.8. The summed E-state index contributed by atoms with van der Waals surface area (Å²) >= 11 is 0. The summed E-state index contributed by atoms with van der Waals surface area (Å²) in [5.74, 6) is 1.39. The van der Waals surface area contributed by atoms with Crippen LogP contribution in [-0.2, 0) is 0 Å². The molecule has 1 N–H and O–H groups in total. The van der Waals surface area contributed by atoms with Crippen molar-refractivity contribution in [3.8, 4) is 0 Å². The van der Waals surface area contributed by atoms with Crippen LogP contribution in [0.15, 0.2) is 0 Å². The van der Waals surface area contributed by atoms with Crippen molar-refractivity contribution in [2.45, 2.75) is 58.9 Å².